The molecule has 0 aliphatic rings. The van der Waals surface area contributed by atoms with Crippen LogP contribution < -0.4 is 0 Å². The fraction of sp³-hybridized carbons (Fsp3) is 0.125. The lowest BCUT2D eigenvalue weighted by atomic mass is 10.2. The molecule has 1 unspecified atom stereocenters. The van der Waals surface area contributed by atoms with E-state index in [1.165, 1.54) is 11.8 Å². The number of nitrogens with zero attached hydrogens (tertiary/aromatic N) is 2. The molecule has 3 aromatic rings. The molecule has 6 heteroatoms. The zero-order valence-electron chi connectivity index (χ0n) is 11.7. The first-order valence-electron chi connectivity index (χ1n) is 6.64. The first-order chi connectivity index (χ1) is 10.6. The van der Waals surface area contributed by atoms with E-state index in [-0.39, 0.29) is 5.25 Å². The van der Waals surface area contributed by atoms with Crippen LogP contribution in [0, 0.1) is 0 Å². The molecule has 22 heavy (non-hydrogen) atoms. The van der Waals surface area contributed by atoms with Gasteiger partial charge in [0.05, 0.1) is 0 Å². The SMILES string of the molecule is CC(Sc1nnc(-c2cccc(Cl)c2)o1)c1ccccc1Cl. The first-order valence-corrected chi connectivity index (χ1v) is 8.27. The van der Waals surface area contributed by atoms with Crippen LogP contribution in [-0.4, -0.2) is 10.2 Å². The molecule has 0 aliphatic heterocycles. The number of hydrogen-bond acceptors (Lipinski definition) is 4. The van der Waals surface area contributed by atoms with Crippen molar-refractivity contribution in [3.63, 3.8) is 0 Å². The average molecular weight is 351 g/mol. The zero-order chi connectivity index (χ0) is 15.5. The third kappa shape index (κ3) is 3.46. The van der Waals surface area contributed by atoms with Gasteiger partial charge < -0.3 is 4.42 Å². The molecule has 0 amide bonds. The Labute approximate surface area is 142 Å². The van der Waals surface area contributed by atoms with Gasteiger partial charge in [-0.1, -0.05) is 59.2 Å². The molecule has 0 N–H and O–H groups in total. The van der Waals surface area contributed by atoms with Crippen LogP contribution >= 0.6 is 35.0 Å². The van der Waals surface area contributed by atoms with Crippen LogP contribution in [0.15, 0.2) is 58.2 Å². The molecule has 0 saturated carbocycles. The summed E-state index contributed by atoms with van der Waals surface area (Å²) in [6.45, 7) is 2.05. The number of hydrogen-bond donors (Lipinski definition) is 0. The smallest absolute Gasteiger partial charge is 0.277 e. The maximum atomic E-state index is 6.21. The van der Waals surface area contributed by atoms with Crippen molar-refractivity contribution in [2.24, 2.45) is 0 Å². The van der Waals surface area contributed by atoms with Crippen LogP contribution in [0.1, 0.15) is 17.7 Å². The second-order valence-corrected chi connectivity index (χ2v) is 6.80. The minimum atomic E-state index is 0.112. The van der Waals surface area contributed by atoms with Gasteiger partial charge in [-0.25, -0.2) is 0 Å². The van der Waals surface area contributed by atoms with E-state index < -0.39 is 0 Å². The van der Waals surface area contributed by atoms with Gasteiger partial charge in [-0.05, 0) is 36.8 Å². The highest BCUT2D eigenvalue weighted by Gasteiger charge is 2.16. The Kier molecular flexibility index (Phi) is 4.71. The lowest BCUT2D eigenvalue weighted by molar-refractivity contribution is 0.465. The van der Waals surface area contributed by atoms with Gasteiger partial charge in [0.2, 0.25) is 5.89 Å². The molecule has 3 rings (SSSR count). The van der Waals surface area contributed by atoms with E-state index in [4.69, 9.17) is 27.6 Å². The van der Waals surface area contributed by atoms with Gasteiger partial charge in [0.1, 0.15) is 0 Å². The van der Waals surface area contributed by atoms with E-state index in [1.54, 1.807) is 12.1 Å². The zero-order valence-corrected chi connectivity index (χ0v) is 14.0. The third-order valence-electron chi connectivity index (χ3n) is 3.10. The van der Waals surface area contributed by atoms with Crippen molar-refractivity contribution in [3.05, 3.63) is 64.1 Å². The summed E-state index contributed by atoms with van der Waals surface area (Å²) < 4.78 is 5.70. The van der Waals surface area contributed by atoms with Crippen molar-refractivity contribution in [2.45, 2.75) is 17.4 Å². The second kappa shape index (κ2) is 6.73. The Bertz CT molecular complexity index is 791. The summed E-state index contributed by atoms with van der Waals surface area (Å²) in [5.41, 5.74) is 1.84. The van der Waals surface area contributed by atoms with Crippen molar-refractivity contribution in [1.82, 2.24) is 10.2 Å². The standard InChI is InChI=1S/C16H12Cl2N2OS/c1-10(13-7-2-3-8-14(13)18)22-16-20-19-15(21-16)11-5-4-6-12(17)9-11/h2-10H,1H3. The van der Waals surface area contributed by atoms with Crippen molar-refractivity contribution in [1.29, 1.82) is 0 Å². The molecule has 0 spiro atoms. The fourth-order valence-corrected chi connectivity index (χ4v) is 3.42. The maximum Gasteiger partial charge on any atom is 0.277 e. The number of thioether (sulfide) groups is 1. The fourth-order valence-electron chi connectivity index (χ4n) is 2.02. The van der Waals surface area contributed by atoms with Crippen LogP contribution in [0.2, 0.25) is 10.0 Å². The Morgan fingerprint density at radius 1 is 1.05 bits per heavy atom. The summed E-state index contributed by atoms with van der Waals surface area (Å²) in [5.74, 6) is 0.455. The van der Waals surface area contributed by atoms with Gasteiger partial charge in [-0.3, -0.25) is 0 Å². The Morgan fingerprint density at radius 2 is 1.86 bits per heavy atom. The molecular formula is C16H12Cl2N2OS. The monoisotopic (exact) mass is 350 g/mol. The van der Waals surface area contributed by atoms with Crippen LogP contribution in [0.25, 0.3) is 11.5 Å². The Morgan fingerprint density at radius 3 is 2.64 bits per heavy atom. The van der Waals surface area contributed by atoms with Crippen LogP contribution in [0.4, 0.5) is 0 Å². The van der Waals surface area contributed by atoms with E-state index in [1.807, 2.05) is 36.4 Å². The molecule has 1 aromatic heterocycles. The summed E-state index contributed by atoms with van der Waals surface area (Å²) in [6.07, 6.45) is 0. The summed E-state index contributed by atoms with van der Waals surface area (Å²) in [5, 5.41) is 10.1. The van der Waals surface area contributed by atoms with Crippen molar-refractivity contribution in [3.8, 4) is 11.5 Å². The summed E-state index contributed by atoms with van der Waals surface area (Å²) in [7, 11) is 0. The molecule has 3 nitrogen and oxygen atoms in total. The average Bonchev–Trinajstić information content (AvgIpc) is 2.96. The molecule has 2 aromatic carbocycles. The number of halogens is 2. The molecule has 0 fully saturated rings. The van der Waals surface area contributed by atoms with Gasteiger partial charge in [-0.2, -0.15) is 0 Å². The minimum Gasteiger partial charge on any atom is -0.411 e. The number of benzene rings is 2. The van der Waals surface area contributed by atoms with Crippen molar-refractivity contribution in [2.75, 3.05) is 0 Å². The van der Waals surface area contributed by atoms with Crippen LogP contribution in [-0.2, 0) is 0 Å². The summed E-state index contributed by atoms with van der Waals surface area (Å²) in [4.78, 5) is 0. The highest BCUT2D eigenvalue weighted by molar-refractivity contribution is 7.99. The predicted molar refractivity (Wildman–Crippen MR) is 90.5 cm³/mol. The van der Waals surface area contributed by atoms with Gasteiger partial charge in [0, 0.05) is 20.9 Å². The van der Waals surface area contributed by atoms with Crippen molar-refractivity contribution < 1.29 is 4.42 Å². The minimum absolute atomic E-state index is 0.112. The highest BCUT2D eigenvalue weighted by atomic mass is 35.5. The van der Waals surface area contributed by atoms with Gasteiger partial charge in [0.15, 0.2) is 0 Å². The number of aromatic nitrogens is 2. The second-order valence-electron chi connectivity index (χ2n) is 4.67. The lowest BCUT2D eigenvalue weighted by Gasteiger charge is -2.10. The van der Waals surface area contributed by atoms with Crippen LogP contribution in [0.3, 0.4) is 0 Å². The highest BCUT2D eigenvalue weighted by Crippen LogP contribution is 2.38. The van der Waals surface area contributed by atoms with E-state index in [0.717, 1.165) is 16.1 Å². The largest absolute Gasteiger partial charge is 0.411 e. The predicted octanol–water partition coefficient (Wildman–Crippen LogP) is 5.90. The van der Waals surface area contributed by atoms with E-state index in [0.29, 0.717) is 16.1 Å². The summed E-state index contributed by atoms with van der Waals surface area (Å²) in [6, 6.07) is 15.1. The van der Waals surface area contributed by atoms with Gasteiger partial charge >= 0.3 is 0 Å². The molecule has 1 atom stereocenters. The maximum absolute atomic E-state index is 6.21. The lowest BCUT2D eigenvalue weighted by Crippen LogP contribution is -1.89. The third-order valence-corrected chi connectivity index (χ3v) is 4.65. The molecule has 0 aliphatic carbocycles. The summed E-state index contributed by atoms with van der Waals surface area (Å²) >= 11 is 13.7. The number of rotatable bonds is 4. The topological polar surface area (TPSA) is 38.9 Å². The molecule has 0 saturated heterocycles. The van der Waals surface area contributed by atoms with E-state index >= 15 is 0 Å². The molecule has 0 radical (unpaired) electrons. The molecule has 0 bridgehead atoms. The van der Waals surface area contributed by atoms with E-state index in [2.05, 4.69) is 17.1 Å². The normalized spacial score (nSPS) is 12.3. The van der Waals surface area contributed by atoms with Gasteiger partial charge in [0.25, 0.3) is 5.22 Å². The molecule has 112 valence electrons. The van der Waals surface area contributed by atoms with E-state index in [9.17, 15) is 0 Å². The Balaban J connectivity index is 1.79. The molecule has 1 heterocycles. The molecular weight excluding hydrogens is 339 g/mol. The van der Waals surface area contributed by atoms with Crippen LogP contribution in [0.5, 0.6) is 0 Å². The first kappa shape index (κ1) is 15.4. The Hall–Kier alpha value is -1.49. The van der Waals surface area contributed by atoms with Crippen molar-refractivity contribution >= 4 is 35.0 Å². The van der Waals surface area contributed by atoms with Gasteiger partial charge in [-0.15, -0.1) is 10.2 Å². The quantitative estimate of drug-likeness (QED) is 0.549.